The van der Waals surface area contributed by atoms with E-state index in [0.29, 0.717) is 12.1 Å². The maximum atomic E-state index is 12.9. The van der Waals surface area contributed by atoms with E-state index < -0.39 is 28.7 Å². The SMILES string of the molecule is CC(C(=O)Nc1ccc(Cl)c(C(F)(F)F)c1)N(C)Cc1cccc(C#N)c1. The van der Waals surface area contributed by atoms with Crippen LogP contribution in [-0.2, 0) is 17.5 Å². The van der Waals surface area contributed by atoms with Crippen LogP contribution in [0.5, 0.6) is 0 Å². The van der Waals surface area contributed by atoms with Gasteiger partial charge in [-0.05, 0) is 49.9 Å². The van der Waals surface area contributed by atoms with Gasteiger partial charge >= 0.3 is 6.18 Å². The van der Waals surface area contributed by atoms with Crippen molar-refractivity contribution < 1.29 is 18.0 Å². The Kier molecular flexibility index (Phi) is 6.47. The van der Waals surface area contributed by atoms with Crippen LogP contribution in [0.2, 0.25) is 5.02 Å². The van der Waals surface area contributed by atoms with Gasteiger partial charge in [0.2, 0.25) is 5.91 Å². The first-order valence-corrected chi connectivity index (χ1v) is 8.36. The Hall–Kier alpha value is -2.56. The number of alkyl halides is 3. The van der Waals surface area contributed by atoms with Gasteiger partial charge in [0.15, 0.2) is 0 Å². The number of nitriles is 1. The lowest BCUT2D eigenvalue weighted by molar-refractivity contribution is -0.137. The van der Waals surface area contributed by atoms with Crippen LogP contribution < -0.4 is 5.32 Å². The van der Waals surface area contributed by atoms with Crippen molar-refractivity contribution in [3.8, 4) is 6.07 Å². The molecule has 0 aliphatic carbocycles. The van der Waals surface area contributed by atoms with Gasteiger partial charge in [-0.1, -0.05) is 23.7 Å². The zero-order chi connectivity index (χ0) is 20.2. The summed E-state index contributed by atoms with van der Waals surface area (Å²) in [5.74, 6) is -0.454. The second-order valence-corrected chi connectivity index (χ2v) is 6.49. The normalized spacial score (nSPS) is 12.5. The number of rotatable bonds is 5. The molecule has 0 spiro atoms. The summed E-state index contributed by atoms with van der Waals surface area (Å²) in [6, 6.07) is 11.6. The van der Waals surface area contributed by atoms with E-state index in [1.807, 2.05) is 12.1 Å². The van der Waals surface area contributed by atoms with Gasteiger partial charge in [-0.15, -0.1) is 0 Å². The highest BCUT2D eigenvalue weighted by atomic mass is 35.5. The quantitative estimate of drug-likeness (QED) is 0.799. The molecule has 0 radical (unpaired) electrons. The second-order valence-electron chi connectivity index (χ2n) is 6.08. The maximum absolute atomic E-state index is 12.9. The van der Waals surface area contributed by atoms with Crippen LogP contribution in [0.15, 0.2) is 42.5 Å². The van der Waals surface area contributed by atoms with E-state index in [1.54, 1.807) is 37.1 Å². The van der Waals surface area contributed by atoms with Crippen molar-refractivity contribution in [1.29, 1.82) is 5.26 Å². The number of anilines is 1. The number of halogens is 4. The van der Waals surface area contributed by atoms with Crippen molar-refractivity contribution in [3.05, 3.63) is 64.2 Å². The first-order valence-electron chi connectivity index (χ1n) is 7.98. The van der Waals surface area contributed by atoms with Crippen LogP contribution in [0.25, 0.3) is 0 Å². The Morgan fingerprint density at radius 2 is 2.00 bits per heavy atom. The highest BCUT2D eigenvalue weighted by Crippen LogP contribution is 2.36. The zero-order valence-corrected chi connectivity index (χ0v) is 15.4. The molecule has 8 heteroatoms. The molecule has 0 fully saturated rings. The fourth-order valence-electron chi connectivity index (χ4n) is 2.43. The van der Waals surface area contributed by atoms with E-state index in [0.717, 1.165) is 17.7 Å². The van der Waals surface area contributed by atoms with Gasteiger partial charge in [-0.2, -0.15) is 18.4 Å². The molecule has 2 aromatic carbocycles. The third-order valence-electron chi connectivity index (χ3n) is 4.07. The molecule has 1 unspecified atom stereocenters. The first kappa shape index (κ1) is 20.7. The summed E-state index contributed by atoms with van der Waals surface area (Å²) >= 11 is 5.58. The Labute approximate surface area is 160 Å². The Morgan fingerprint density at radius 1 is 1.30 bits per heavy atom. The smallest absolute Gasteiger partial charge is 0.325 e. The van der Waals surface area contributed by atoms with E-state index in [4.69, 9.17) is 16.9 Å². The molecule has 2 aromatic rings. The number of benzene rings is 2. The molecule has 27 heavy (non-hydrogen) atoms. The van der Waals surface area contributed by atoms with Gasteiger partial charge in [-0.3, -0.25) is 9.69 Å². The third kappa shape index (κ3) is 5.46. The highest BCUT2D eigenvalue weighted by Gasteiger charge is 2.33. The molecule has 0 saturated heterocycles. The number of nitrogens with zero attached hydrogens (tertiary/aromatic N) is 2. The van der Waals surface area contributed by atoms with Crippen LogP contribution in [0, 0.1) is 11.3 Å². The van der Waals surface area contributed by atoms with Gasteiger partial charge in [0, 0.05) is 12.2 Å². The van der Waals surface area contributed by atoms with Crippen molar-refractivity contribution in [2.45, 2.75) is 25.7 Å². The summed E-state index contributed by atoms with van der Waals surface area (Å²) in [7, 11) is 1.71. The number of likely N-dealkylation sites (N-methyl/N-ethyl adjacent to an activating group) is 1. The van der Waals surface area contributed by atoms with Gasteiger partial charge in [0.05, 0.1) is 28.3 Å². The third-order valence-corrected chi connectivity index (χ3v) is 4.40. The molecule has 0 heterocycles. The van der Waals surface area contributed by atoms with Crippen LogP contribution >= 0.6 is 11.6 Å². The molecule has 142 valence electrons. The molecule has 0 bridgehead atoms. The van der Waals surface area contributed by atoms with Crippen LogP contribution in [0.1, 0.15) is 23.6 Å². The van der Waals surface area contributed by atoms with Crippen molar-refractivity contribution in [2.24, 2.45) is 0 Å². The minimum Gasteiger partial charge on any atom is -0.325 e. The van der Waals surface area contributed by atoms with E-state index >= 15 is 0 Å². The predicted octanol–water partition coefficient (Wildman–Crippen LogP) is 4.69. The first-order chi connectivity index (χ1) is 12.6. The van der Waals surface area contributed by atoms with Crippen molar-refractivity contribution in [3.63, 3.8) is 0 Å². The van der Waals surface area contributed by atoms with Gasteiger partial charge in [0.25, 0.3) is 0 Å². The summed E-state index contributed by atoms with van der Waals surface area (Å²) in [6.07, 6.45) is -4.61. The zero-order valence-electron chi connectivity index (χ0n) is 14.6. The predicted molar refractivity (Wildman–Crippen MR) is 97.2 cm³/mol. The van der Waals surface area contributed by atoms with Gasteiger partial charge in [0.1, 0.15) is 0 Å². The second kappa shape index (κ2) is 8.42. The molecule has 0 aliphatic rings. The molecule has 1 amide bonds. The minimum absolute atomic E-state index is 0.0171. The largest absolute Gasteiger partial charge is 0.417 e. The summed E-state index contributed by atoms with van der Waals surface area (Å²) in [4.78, 5) is 14.1. The number of nitrogens with one attached hydrogen (secondary N) is 1. The fraction of sp³-hybridized carbons (Fsp3) is 0.263. The van der Waals surface area contributed by atoms with Crippen LogP contribution in [0.3, 0.4) is 0 Å². The Bertz CT molecular complexity index is 877. The lowest BCUT2D eigenvalue weighted by Crippen LogP contribution is -2.39. The Balaban J connectivity index is 2.08. The van der Waals surface area contributed by atoms with Crippen LogP contribution in [-0.4, -0.2) is 23.9 Å². The Morgan fingerprint density at radius 3 is 2.63 bits per heavy atom. The maximum Gasteiger partial charge on any atom is 0.417 e. The highest BCUT2D eigenvalue weighted by molar-refractivity contribution is 6.31. The van der Waals surface area contributed by atoms with E-state index in [9.17, 15) is 18.0 Å². The molecule has 0 aromatic heterocycles. The average Bonchev–Trinajstić information content (AvgIpc) is 2.61. The van der Waals surface area contributed by atoms with Crippen molar-refractivity contribution >= 4 is 23.2 Å². The molecular weight excluding hydrogens is 379 g/mol. The molecule has 0 saturated carbocycles. The van der Waals surface area contributed by atoms with Gasteiger partial charge in [-0.25, -0.2) is 0 Å². The lowest BCUT2D eigenvalue weighted by Gasteiger charge is -2.24. The summed E-state index contributed by atoms with van der Waals surface area (Å²) in [5, 5.41) is 11.0. The number of hydrogen-bond acceptors (Lipinski definition) is 3. The monoisotopic (exact) mass is 395 g/mol. The summed E-state index contributed by atoms with van der Waals surface area (Å²) in [6.45, 7) is 2.04. The number of hydrogen-bond donors (Lipinski definition) is 1. The van der Waals surface area contributed by atoms with Crippen molar-refractivity contribution in [1.82, 2.24) is 4.90 Å². The van der Waals surface area contributed by atoms with E-state index in [2.05, 4.69) is 5.32 Å². The molecule has 1 N–H and O–H groups in total. The fourth-order valence-corrected chi connectivity index (χ4v) is 2.66. The standard InChI is InChI=1S/C19H17ClF3N3O/c1-12(26(2)11-14-5-3-4-13(8-14)10-24)18(27)25-15-6-7-17(20)16(9-15)19(21,22)23/h3-9,12H,11H2,1-2H3,(H,25,27). The lowest BCUT2D eigenvalue weighted by atomic mass is 10.1. The molecule has 2 rings (SSSR count). The van der Waals surface area contributed by atoms with Crippen LogP contribution in [0.4, 0.5) is 18.9 Å². The minimum atomic E-state index is -4.61. The summed E-state index contributed by atoms with van der Waals surface area (Å²) < 4.78 is 38.8. The molecule has 0 aliphatic heterocycles. The molecule has 4 nitrogen and oxygen atoms in total. The molecular formula is C19H17ClF3N3O. The summed E-state index contributed by atoms with van der Waals surface area (Å²) in [5.41, 5.74) is 0.376. The van der Waals surface area contributed by atoms with E-state index in [1.165, 1.54) is 6.07 Å². The average molecular weight is 396 g/mol. The number of carbonyl (C=O) groups is 1. The topological polar surface area (TPSA) is 56.1 Å². The van der Waals surface area contributed by atoms with Crippen molar-refractivity contribution in [2.75, 3.05) is 12.4 Å². The van der Waals surface area contributed by atoms with Gasteiger partial charge < -0.3 is 5.32 Å². The van der Waals surface area contributed by atoms with E-state index in [-0.39, 0.29) is 5.69 Å². The number of amides is 1. The number of carbonyl (C=O) groups excluding carboxylic acids is 1. The molecule has 1 atom stereocenters.